The lowest BCUT2D eigenvalue weighted by Gasteiger charge is -2.32. The lowest BCUT2D eigenvalue weighted by Crippen LogP contribution is -2.49. The minimum absolute atomic E-state index is 0.358. The van der Waals surface area contributed by atoms with Crippen LogP contribution in [0.2, 0.25) is 0 Å². The van der Waals surface area contributed by atoms with E-state index in [0.717, 1.165) is 24.1 Å². The number of nitrogens with zero attached hydrogens (tertiary/aromatic N) is 2. The lowest BCUT2D eigenvalue weighted by molar-refractivity contribution is 0.00578. The first-order valence-corrected chi connectivity index (χ1v) is 10.3. The molecule has 0 bridgehead atoms. The minimum Gasteiger partial charge on any atom is -0.444 e. The Hall–Kier alpha value is -1.80. The smallest absolute Gasteiger partial charge is 0.444 e. The molecule has 2 aliphatic heterocycles. The van der Waals surface area contributed by atoms with Gasteiger partial charge in [-0.15, -0.1) is 0 Å². The first-order chi connectivity index (χ1) is 13.2. The van der Waals surface area contributed by atoms with E-state index >= 15 is 0 Å². The second-order valence-corrected chi connectivity index (χ2v) is 10.4. The third-order valence-corrected chi connectivity index (χ3v) is 5.91. The molecule has 2 fully saturated rings. The quantitative estimate of drug-likeness (QED) is 0.783. The number of ether oxygens (including phenoxy) is 1. The van der Waals surface area contributed by atoms with Crippen molar-refractivity contribution < 1.29 is 18.8 Å². The molecule has 0 saturated carbocycles. The van der Waals surface area contributed by atoms with Crippen molar-refractivity contribution in [1.29, 1.82) is 0 Å². The van der Waals surface area contributed by atoms with Gasteiger partial charge < -0.3 is 24.3 Å². The number of hydrogen-bond donors (Lipinski definition) is 1. The maximum Gasteiger partial charge on any atom is 0.496 e. The average Bonchev–Trinajstić information content (AvgIpc) is 3.03. The highest BCUT2D eigenvalue weighted by Crippen LogP contribution is 2.36. The Labute approximate surface area is 174 Å². The maximum atomic E-state index is 12.2. The third-order valence-electron chi connectivity index (χ3n) is 5.91. The van der Waals surface area contributed by atoms with Gasteiger partial charge in [-0.3, -0.25) is 4.98 Å². The Morgan fingerprint density at radius 1 is 1.17 bits per heavy atom. The Morgan fingerprint density at radius 3 is 2.38 bits per heavy atom. The number of carbonyl (C=O) groups is 1. The molecule has 1 aromatic heterocycles. The summed E-state index contributed by atoms with van der Waals surface area (Å²) in [7, 11) is -0.443. The zero-order valence-electron chi connectivity index (χ0n) is 19.0. The van der Waals surface area contributed by atoms with E-state index in [-0.39, 0.29) is 11.6 Å². The highest BCUT2D eigenvalue weighted by Gasteiger charge is 2.52. The molecule has 1 amide bonds. The number of pyridine rings is 1. The summed E-state index contributed by atoms with van der Waals surface area (Å²) in [5.41, 5.74) is 0.235. The molecule has 160 valence electrons. The van der Waals surface area contributed by atoms with Crippen LogP contribution in [0.4, 0.5) is 10.5 Å². The van der Waals surface area contributed by atoms with Crippen LogP contribution in [0, 0.1) is 0 Å². The summed E-state index contributed by atoms with van der Waals surface area (Å²) in [6.07, 6.45) is 4.08. The van der Waals surface area contributed by atoms with Crippen molar-refractivity contribution in [3.05, 3.63) is 18.5 Å². The maximum absolute atomic E-state index is 12.2. The average molecular weight is 403 g/mol. The van der Waals surface area contributed by atoms with Gasteiger partial charge in [0.1, 0.15) is 5.60 Å². The van der Waals surface area contributed by atoms with E-state index in [0.29, 0.717) is 6.54 Å². The highest BCUT2D eigenvalue weighted by atomic mass is 16.7. The number of nitrogens with one attached hydrogen (secondary N) is 1. The molecule has 2 saturated heterocycles. The Kier molecular flexibility index (Phi) is 5.41. The van der Waals surface area contributed by atoms with Crippen LogP contribution < -0.4 is 15.7 Å². The summed E-state index contributed by atoms with van der Waals surface area (Å²) in [5, 5.41) is 3.03. The molecule has 8 heteroatoms. The van der Waals surface area contributed by atoms with Crippen molar-refractivity contribution >= 4 is 24.4 Å². The number of hydrogen-bond acceptors (Lipinski definition) is 6. The van der Waals surface area contributed by atoms with Crippen molar-refractivity contribution in [1.82, 2.24) is 10.3 Å². The predicted molar refractivity (Wildman–Crippen MR) is 115 cm³/mol. The molecule has 0 aliphatic carbocycles. The molecule has 2 aliphatic rings. The number of rotatable bonds is 3. The second-order valence-electron chi connectivity index (χ2n) is 10.4. The molecule has 0 aromatic carbocycles. The highest BCUT2D eigenvalue weighted by molar-refractivity contribution is 6.62. The fourth-order valence-electron chi connectivity index (χ4n) is 3.56. The molecule has 0 spiro atoms. The number of anilines is 1. The SMILES string of the molecule is CC1(NC(=O)OC(C)(C)C)CCN(c2cncc(B3OC(C)(C)C(C)(C)O3)c2)C1. The molecule has 3 rings (SSSR count). The second kappa shape index (κ2) is 7.16. The number of amides is 1. The predicted octanol–water partition coefficient (Wildman–Crippen LogP) is 2.87. The van der Waals surface area contributed by atoms with E-state index in [1.807, 2.05) is 61.6 Å². The van der Waals surface area contributed by atoms with Crippen molar-refractivity contribution in [2.24, 2.45) is 0 Å². The number of aromatic nitrogens is 1. The van der Waals surface area contributed by atoms with Crippen LogP contribution in [0.1, 0.15) is 61.8 Å². The molecule has 3 heterocycles. The first kappa shape index (κ1) is 21.9. The third kappa shape index (κ3) is 4.86. The van der Waals surface area contributed by atoms with Gasteiger partial charge in [-0.25, -0.2) is 4.79 Å². The molecular weight excluding hydrogens is 369 g/mol. The van der Waals surface area contributed by atoms with Crippen LogP contribution in [-0.4, -0.2) is 53.6 Å². The molecule has 1 atom stereocenters. The van der Waals surface area contributed by atoms with E-state index in [9.17, 15) is 4.79 Å². The molecule has 7 nitrogen and oxygen atoms in total. The molecule has 29 heavy (non-hydrogen) atoms. The van der Waals surface area contributed by atoms with Crippen LogP contribution in [0.15, 0.2) is 18.5 Å². The number of carbonyl (C=O) groups excluding carboxylic acids is 1. The first-order valence-electron chi connectivity index (χ1n) is 10.3. The van der Waals surface area contributed by atoms with Crippen LogP contribution in [0.5, 0.6) is 0 Å². The van der Waals surface area contributed by atoms with E-state index in [2.05, 4.69) is 21.3 Å². The van der Waals surface area contributed by atoms with E-state index < -0.39 is 23.9 Å². The van der Waals surface area contributed by atoms with Gasteiger partial charge in [-0.2, -0.15) is 0 Å². The van der Waals surface area contributed by atoms with Gasteiger partial charge in [-0.1, -0.05) is 0 Å². The summed E-state index contributed by atoms with van der Waals surface area (Å²) in [4.78, 5) is 18.8. The van der Waals surface area contributed by atoms with E-state index in [4.69, 9.17) is 14.0 Å². The standard InChI is InChI=1S/C21H34BN3O4/c1-18(2,3)27-17(26)24-21(8)9-10-25(14-21)16-11-15(12-23-13-16)22-28-19(4,5)20(6,7)29-22/h11-13H,9-10,14H2,1-8H3,(H,24,26). The van der Waals surface area contributed by atoms with Gasteiger partial charge in [0.15, 0.2) is 0 Å². The van der Waals surface area contributed by atoms with Crippen molar-refractivity contribution in [2.45, 2.75) is 84.2 Å². The lowest BCUT2D eigenvalue weighted by atomic mass is 9.80. The summed E-state index contributed by atoms with van der Waals surface area (Å²) < 4.78 is 17.7. The van der Waals surface area contributed by atoms with E-state index in [1.54, 1.807) is 6.20 Å². The van der Waals surface area contributed by atoms with Gasteiger partial charge in [0.2, 0.25) is 0 Å². The van der Waals surface area contributed by atoms with Gasteiger partial charge in [0.05, 0.1) is 28.6 Å². The van der Waals surface area contributed by atoms with Crippen LogP contribution in [0.25, 0.3) is 0 Å². The van der Waals surface area contributed by atoms with Crippen LogP contribution in [0.3, 0.4) is 0 Å². The molecule has 1 N–H and O–H groups in total. The zero-order valence-corrected chi connectivity index (χ0v) is 19.0. The summed E-state index contributed by atoms with van der Waals surface area (Å²) >= 11 is 0. The minimum atomic E-state index is -0.514. The fraction of sp³-hybridized carbons (Fsp3) is 0.714. The summed E-state index contributed by atoms with van der Waals surface area (Å²) in [6, 6.07) is 2.06. The summed E-state index contributed by atoms with van der Waals surface area (Å²) in [6.45, 7) is 17.3. The Balaban J connectivity index is 1.69. The van der Waals surface area contributed by atoms with Crippen LogP contribution >= 0.6 is 0 Å². The summed E-state index contributed by atoms with van der Waals surface area (Å²) in [5.74, 6) is 0. The normalized spacial score (nSPS) is 25.9. The van der Waals surface area contributed by atoms with Crippen molar-refractivity contribution in [2.75, 3.05) is 18.0 Å². The Morgan fingerprint density at radius 2 is 1.79 bits per heavy atom. The van der Waals surface area contributed by atoms with Crippen LogP contribution in [-0.2, 0) is 14.0 Å². The zero-order chi connectivity index (χ0) is 21.7. The van der Waals surface area contributed by atoms with Gasteiger partial charge >= 0.3 is 13.2 Å². The molecule has 1 unspecified atom stereocenters. The fourth-order valence-corrected chi connectivity index (χ4v) is 3.56. The van der Waals surface area contributed by atoms with Gasteiger partial charge in [0, 0.05) is 24.7 Å². The van der Waals surface area contributed by atoms with Crippen molar-refractivity contribution in [3.63, 3.8) is 0 Å². The Bertz CT molecular complexity index is 761. The molecule has 0 radical (unpaired) electrons. The molecular formula is C21H34BN3O4. The number of alkyl carbamates (subject to hydrolysis) is 1. The van der Waals surface area contributed by atoms with E-state index in [1.165, 1.54) is 0 Å². The largest absolute Gasteiger partial charge is 0.496 e. The topological polar surface area (TPSA) is 72.9 Å². The van der Waals surface area contributed by atoms with Crippen molar-refractivity contribution in [3.8, 4) is 0 Å². The molecule has 1 aromatic rings. The monoisotopic (exact) mass is 403 g/mol. The van der Waals surface area contributed by atoms with Gasteiger partial charge in [0.25, 0.3) is 0 Å². The van der Waals surface area contributed by atoms with Gasteiger partial charge in [-0.05, 0) is 67.9 Å².